The molecule has 0 heterocycles. The predicted molar refractivity (Wildman–Crippen MR) is 84.5 cm³/mol. The first kappa shape index (κ1) is 16.2. The average Bonchev–Trinajstić information content (AvgIpc) is 2.39. The summed E-state index contributed by atoms with van der Waals surface area (Å²) >= 11 is 0. The number of rotatable bonds is 8. The lowest BCUT2D eigenvalue weighted by atomic mass is 10.0. The van der Waals surface area contributed by atoms with Crippen molar-refractivity contribution in [2.24, 2.45) is 0 Å². The molecule has 0 aliphatic carbocycles. The van der Waals surface area contributed by atoms with Gasteiger partial charge in [-0.15, -0.1) is 0 Å². The molecule has 0 radical (unpaired) electrons. The lowest BCUT2D eigenvalue weighted by Gasteiger charge is -2.32. The van der Waals surface area contributed by atoms with Crippen molar-refractivity contribution in [2.75, 3.05) is 13.6 Å². The van der Waals surface area contributed by atoms with Crippen LogP contribution in [0.1, 0.15) is 44.7 Å². The maximum Gasteiger partial charge on any atom is 0.0234 e. The Balaban J connectivity index is 2.57. The summed E-state index contributed by atoms with van der Waals surface area (Å²) in [5.41, 5.74) is 2.74. The van der Waals surface area contributed by atoms with Crippen molar-refractivity contribution < 1.29 is 0 Å². The van der Waals surface area contributed by atoms with Crippen LogP contribution in [0.5, 0.6) is 0 Å². The van der Waals surface area contributed by atoms with E-state index in [1.54, 1.807) is 0 Å². The van der Waals surface area contributed by atoms with Crippen LogP contribution in [0.4, 0.5) is 0 Å². The molecule has 2 atom stereocenters. The second-order valence-corrected chi connectivity index (χ2v) is 5.61. The van der Waals surface area contributed by atoms with Gasteiger partial charge in [-0.2, -0.15) is 0 Å². The van der Waals surface area contributed by atoms with Gasteiger partial charge in [0.15, 0.2) is 0 Å². The lowest BCUT2D eigenvalue weighted by molar-refractivity contribution is 0.195. The van der Waals surface area contributed by atoms with Gasteiger partial charge in [-0.05, 0) is 45.8 Å². The third-order valence-electron chi connectivity index (χ3n) is 3.89. The van der Waals surface area contributed by atoms with E-state index >= 15 is 0 Å². The van der Waals surface area contributed by atoms with Crippen molar-refractivity contribution in [3.05, 3.63) is 35.4 Å². The van der Waals surface area contributed by atoms with Crippen LogP contribution < -0.4 is 5.32 Å². The molecule has 0 spiro atoms. The summed E-state index contributed by atoms with van der Waals surface area (Å²) in [7, 11) is 2.23. The average molecular weight is 262 g/mol. The fourth-order valence-corrected chi connectivity index (χ4v) is 2.54. The van der Waals surface area contributed by atoms with Gasteiger partial charge in [0.25, 0.3) is 0 Å². The molecule has 2 nitrogen and oxygen atoms in total. The summed E-state index contributed by atoms with van der Waals surface area (Å²) < 4.78 is 0. The van der Waals surface area contributed by atoms with Crippen molar-refractivity contribution in [3.63, 3.8) is 0 Å². The number of hydrogen-bond donors (Lipinski definition) is 1. The molecule has 0 aromatic heterocycles. The highest BCUT2D eigenvalue weighted by Crippen LogP contribution is 2.12. The molecule has 1 aromatic carbocycles. The number of likely N-dealkylation sites (N-methyl/N-ethyl adjacent to an activating group) is 1. The summed E-state index contributed by atoms with van der Waals surface area (Å²) in [4.78, 5) is 2.45. The molecule has 0 amide bonds. The summed E-state index contributed by atoms with van der Waals surface area (Å²) in [5.74, 6) is 0. The van der Waals surface area contributed by atoms with E-state index in [1.165, 1.54) is 24.0 Å². The second-order valence-electron chi connectivity index (χ2n) is 5.61. The largest absolute Gasteiger partial charge is 0.312 e. The molecule has 0 bridgehead atoms. The predicted octanol–water partition coefficient (Wildman–Crippen LogP) is 3.59. The maximum atomic E-state index is 3.66. The Morgan fingerprint density at radius 1 is 1.26 bits per heavy atom. The fraction of sp³-hybridized carbons (Fsp3) is 0.647. The second kappa shape index (κ2) is 8.34. The molecule has 0 aliphatic rings. The van der Waals surface area contributed by atoms with Crippen LogP contribution in [0, 0.1) is 6.92 Å². The number of benzene rings is 1. The summed E-state index contributed by atoms with van der Waals surface area (Å²) in [6.07, 6.45) is 2.38. The van der Waals surface area contributed by atoms with E-state index in [-0.39, 0.29) is 0 Å². The van der Waals surface area contributed by atoms with Crippen LogP contribution >= 0.6 is 0 Å². The van der Waals surface area contributed by atoms with Gasteiger partial charge in [-0.3, -0.25) is 4.90 Å². The van der Waals surface area contributed by atoms with Gasteiger partial charge in [-0.1, -0.05) is 43.7 Å². The first-order valence-electron chi connectivity index (χ1n) is 7.57. The highest BCUT2D eigenvalue weighted by molar-refractivity contribution is 5.22. The van der Waals surface area contributed by atoms with Crippen LogP contribution in [-0.4, -0.2) is 30.6 Å². The molecule has 0 fully saturated rings. The third-order valence-corrected chi connectivity index (χ3v) is 3.89. The summed E-state index contributed by atoms with van der Waals surface area (Å²) in [6.45, 7) is 11.1. The van der Waals surface area contributed by atoms with E-state index in [0.29, 0.717) is 12.1 Å². The molecule has 0 saturated carbocycles. The maximum absolute atomic E-state index is 3.66. The lowest BCUT2D eigenvalue weighted by Crippen LogP contribution is -2.46. The normalized spacial score (nSPS) is 14.6. The van der Waals surface area contributed by atoms with Crippen molar-refractivity contribution in [2.45, 2.75) is 59.2 Å². The molecule has 0 aliphatic heterocycles. The molecule has 2 heteroatoms. The zero-order valence-electron chi connectivity index (χ0n) is 13.2. The minimum Gasteiger partial charge on any atom is -0.312 e. The van der Waals surface area contributed by atoms with E-state index in [9.17, 15) is 0 Å². The highest BCUT2D eigenvalue weighted by atomic mass is 15.2. The van der Waals surface area contributed by atoms with E-state index in [2.05, 4.69) is 69.2 Å². The van der Waals surface area contributed by atoms with Gasteiger partial charge < -0.3 is 5.32 Å². The van der Waals surface area contributed by atoms with Crippen molar-refractivity contribution >= 4 is 0 Å². The summed E-state index contributed by atoms with van der Waals surface area (Å²) in [6, 6.07) is 9.94. The number of nitrogens with zero attached hydrogens (tertiary/aromatic N) is 1. The first-order chi connectivity index (χ1) is 9.08. The molecule has 1 N–H and O–H groups in total. The Bertz CT molecular complexity index is 362. The van der Waals surface area contributed by atoms with E-state index in [1.807, 2.05) is 0 Å². The minimum atomic E-state index is 0.553. The molecule has 1 rings (SSSR count). The Hall–Kier alpha value is -0.860. The van der Waals surface area contributed by atoms with Gasteiger partial charge in [0.05, 0.1) is 0 Å². The number of aryl methyl sites for hydroxylation is 1. The Labute approximate surface area is 119 Å². The Morgan fingerprint density at radius 2 is 2.00 bits per heavy atom. The molecule has 108 valence electrons. The third kappa shape index (κ3) is 5.33. The van der Waals surface area contributed by atoms with Crippen LogP contribution in [0.2, 0.25) is 0 Å². The molecule has 2 unspecified atom stereocenters. The monoisotopic (exact) mass is 262 g/mol. The SMILES string of the molecule is CCCNC(CC)C(C)N(C)Cc1cccc(C)c1. The van der Waals surface area contributed by atoms with E-state index in [4.69, 9.17) is 0 Å². The molecule has 19 heavy (non-hydrogen) atoms. The fourth-order valence-electron chi connectivity index (χ4n) is 2.54. The molecule has 1 aromatic rings. The molecule has 0 saturated heterocycles. The van der Waals surface area contributed by atoms with Gasteiger partial charge in [0.2, 0.25) is 0 Å². The standard InChI is InChI=1S/C17H30N2/c1-6-11-18-17(7-2)15(4)19(5)13-16-10-8-9-14(3)12-16/h8-10,12,15,17-18H,6-7,11,13H2,1-5H3. The number of nitrogens with one attached hydrogen (secondary N) is 1. The van der Waals surface area contributed by atoms with E-state index < -0.39 is 0 Å². The Morgan fingerprint density at radius 3 is 2.58 bits per heavy atom. The number of hydrogen-bond acceptors (Lipinski definition) is 2. The van der Waals surface area contributed by atoms with Crippen molar-refractivity contribution in [1.29, 1.82) is 0 Å². The van der Waals surface area contributed by atoms with Crippen LogP contribution in [-0.2, 0) is 6.54 Å². The van der Waals surface area contributed by atoms with Crippen molar-refractivity contribution in [1.82, 2.24) is 10.2 Å². The zero-order chi connectivity index (χ0) is 14.3. The first-order valence-corrected chi connectivity index (χ1v) is 7.57. The minimum absolute atomic E-state index is 0.553. The quantitative estimate of drug-likeness (QED) is 0.770. The van der Waals surface area contributed by atoms with Crippen molar-refractivity contribution in [3.8, 4) is 0 Å². The van der Waals surface area contributed by atoms with Gasteiger partial charge in [0.1, 0.15) is 0 Å². The van der Waals surface area contributed by atoms with E-state index in [0.717, 1.165) is 13.1 Å². The highest BCUT2D eigenvalue weighted by Gasteiger charge is 2.18. The van der Waals surface area contributed by atoms with Gasteiger partial charge >= 0.3 is 0 Å². The Kier molecular flexibility index (Phi) is 7.11. The van der Waals surface area contributed by atoms with Gasteiger partial charge in [-0.25, -0.2) is 0 Å². The molecular weight excluding hydrogens is 232 g/mol. The summed E-state index contributed by atoms with van der Waals surface area (Å²) in [5, 5.41) is 3.66. The topological polar surface area (TPSA) is 15.3 Å². The molecular formula is C17H30N2. The van der Waals surface area contributed by atoms with Crippen LogP contribution in [0.15, 0.2) is 24.3 Å². The smallest absolute Gasteiger partial charge is 0.0234 e. The zero-order valence-corrected chi connectivity index (χ0v) is 13.2. The van der Waals surface area contributed by atoms with Crippen LogP contribution in [0.3, 0.4) is 0 Å². The van der Waals surface area contributed by atoms with Crippen LogP contribution in [0.25, 0.3) is 0 Å². The van der Waals surface area contributed by atoms with Gasteiger partial charge in [0, 0.05) is 18.6 Å².